The van der Waals surface area contributed by atoms with Crippen molar-refractivity contribution in [3.8, 4) is 5.75 Å². The van der Waals surface area contributed by atoms with Crippen LogP contribution in [0.25, 0.3) is 5.52 Å². The van der Waals surface area contributed by atoms with E-state index in [2.05, 4.69) is 5.10 Å². The highest BCUT2D eigenvalue weighted by Crippen LogP contribution is 2.43. The van der Waals surface area contributed by atoms with Crippen molar-refractivity contribution >= 4 is 27.3 Å². The number of carbonyl (C=O) groups excluding carboxylic acids is 1. The number of halogens is 2. The Labute approximate surface area is 207 Å². The van der Waals surface area contributed by atoms with Crippen LogP contribution in [-0.2, 0) is 10.2 Å². The van der Waals surface area contributed by atoms with Gasteiger partial charge in [0.05, 0.1) is 29.4 Å². The first-order chi connectivity index (χ1) is 17.2. The fourth-order valence-electron chi connectivity index (χ4n) is 4.36. The Hall–Kier alpha value is -3.25. The molecule has 3 aromatic rings. The molecule has 1 N–H and O–H groups in total. The second kappa shape index (κ2) is 9.32. The number of benzene rings is 1. The van der Waals surface area contributed by atoms with E-state index < -0.39 is 34.1 Å². The van der Waals surface area contributed by atoms with Crippen LogP contribution in [0.4, 0.5) is 14.5 Å². The number of aromatic nitrogens is 2. The van der Waals surface area contributed by atoms with Gasteiger partial charge in [0.25, 0.3) is 5.91 Å². The van der Waals surface area contributed by atoms with Gasteiger partial charge in [-0.15, -0.1) is 0 Å². The zero-order valence-electron chi connectivity index (χ0n) is 19.9. The Morgan fingerprint density at radius 3 is 2.78 bits per heavy atom. The zero-order valence-corrected chi connectivity index (χ0v) is 20.7. The molecule has 1 aliphatic heterocycles. The van der Waals surface area contributed by atoms with Gasteiger partial charge in [-0.2, -0.15) is 17.8 Å². The normalized spacial score (nSPS) is 20.3. The minimum atomic E-state index is -4.01. The number of amides is 1. The lowest BCUT2D eigenvalue weighted by atomic mass is 10.0. The van der Waals surface area contributed by atoms with E-state index in [0.717, 1.165) is 17.1 Å². The highest BCUT2D eigenvalue weighted by atomic mass is 32.2. The van der Waals surface area contributed by atoms with Crippen molar-refractivity contribution in [1.82, 2.24) is 18.6 Å². The van der Waals surface area contributed by atoms with Gasteiger partial charge in [0, 0.05) is 44.0 Å². The van der Waals surface area contributed by atoms with Crippen molar-refractivity contribution < 1.29 is 26.7 Å². The van der Waals surface area contributed by atoms with Crippen molar-refractivity contribution in [3.63, 3.8) is 0 Å². The molecule has 12 heteroatoms. The maximum atomic E-state index is 14.7. The van der Waals surface area contributed by atoms with E-state index in [-0.39, 0.29) is 31.2 Å². The quantitative estimate of drug-likeness (QED) is 0.491. The molecule has 9 nitrogen and oxygen atoms in total. The van der Waals surface area contributed by atoms with E-state index in [1.54, 1.807) is 31.3 Å². The number of alkyl halides is 1. The summed E-state index contributed by atoms with van der Waals surface area (Å²) in [4.78, 5) is 14.6. The number of fused-ring (bicyclic) bond motifs is 1. The summed E-state index contributed by atoms with van der Waals surface area (Å²) < 4.78 is 64.1. The highest BCUT2D eigenvalue weighted by Gasteiger charge is 2.37. The number of carbonyl (C=O) groups is 1. The molecule has 1 saturated carbocycles. The number of nitrogens with one attached hydrogen (secondary N) is 1. The third-order valence-electron chi connectivity index (χ3n) is 6.56. The predicted octanol–water partition coefficient (Wildman–Crippen LogP) is 3.23. The molecular formula is C24H27F2N5O4S. The maximum Gasteiger partial charge on any atom is 0.303 e. The van der Waals surface area contributed by atoms with Gasteiger partial charge in [-0.3, -0.25) is 4.79 Å². The lowest BCUT2D eigenvalue weighted by Crippen LogP contribution is -2.41. The predicted molar refractivity (Wildman–Crippen MR) is 130 cm³/mol. The van der Waals surface area contributed by atoms with E-state index in [9.17, 15) is 22.0 Å². The average molecular weight is 520 g/mol. The van der Waals surface area contributed by atoms with E-state index in [1.165, 1.54) is 29.9 Å². The van der Waals surface area contributed by atoms with Crippen LogP contribution in [0, 0.1) is 5.82 Å². The summed E-state index contributed by atoms with van der Waals surface area (Å²) in [5.74, 6) is -0.716. The van der Waals surface area contributed by atoms with Gasteiger partial charge < -0.3 is 9.64 Å². The summed E-state index contributed by atoms with van der Waals surface area (Å²) in [5, 5.41) is 4.15. The maximum absolute atomic E-state index is 14.7. The Kier molecular flexibility index (Phi) is 6.33. The van der Waals surface area contributed by atoms with Crippen molar-refractivity contribution in [2.24, 2.45) is 0 Å². The molecule has 1 aliphatic carbocycles. The van der Waals surface area contributed by atoms with Crippen LogP contribution >= 0.6 is 0 Å². The monoisotopic (exact) mass is 519 g/mol. The number of rotatable bonds is 8. The topological polar surface area (TPSA) is 96.2 Å². The van der Waals surface area contributed by atoms with E-state index >= 15 is 0 Å². The fraction of sp³-hybridized carbons (Fsp3) is 0.417. The van der Waals surface area contributed by atoms with Crippen molar-refractivity contribution in [2.45, 2.75) is 44.5 Å². The molecule has 0 spiro atoms. The van der Waals surface area contributed by atoms with Crippen LogP contribution in [0.15, 0.2) is 42.7 Å². The van der Waals surface area contributed by atoms with Crippen LogP contribution < -0.4 is 14.4 Å². The summed E-state index contributed by atoms with van der Waals surface area (Å²) in [5.41, 5.74) is 1.58. The number of hydrogen-bond acceptors (Lipinski definition) is 6. The molecular weight excluding hydrogens is 492 g/mol. The molecule has 2 aliphatic rings. The highest BCUT2D eigenvalue weighted by molar-refractivity contribution is 7.87. The first kappa shape index (κ1) is 24.4. The zero-order chi connectivity index (χ0) is 25.6. The second-order valence-corrected chi connectivity index (χ2v) is 10.9. The van der Waals surface area contributed by atoms with Crippen LogP contribution in [0.2, 0.25) is 0 Å². The number of anilines is 1. The average Bonchev–Trinajstić information content (AvgIpc) is 3.42. The van der Waals surface area contributed by atoms with Crippen LogP contribution in [0.5, 0.6) is 5.75 Å². The van der Waals surface area contributed by atoms with Crippen molar-refractivity contribution in [3.05, 3.63) is 59.7 Å². The summed E-state index contributed by atoms with van der Waals surface area (Å²) in [7, 11) is -2.65. The van der Waals surface area contributed by atoms with Crippen LogP contribution in [-0.4, -0.2) is 60.7 Å². The van der Waals surface area contributed by atoms with Crippen molar-refractivity contribution in [2.75, 3.05) is 25.0 Å². The van der Waals surface area contributed by atoms with Gasteiger partial charge in [-0.25, -0.2) is 18.0 Å². The Balaban J connectivity index is 1.49. The summed E-state index contributed by atoms with van der Waals surface area (Å²) in [6.45, 7) is 1.91. The SMILES string of the molecule is CCN(C)S(=O)(=O)NC(=O)c1cnn2ccc(N3C[C@@H](F)C[C@@H]3c3cc(F)ccc3OC3CC3)cc12. The van der Waals surface area contributed by atoms with E-state index in [0.29, 0.717) is 22.5 Å². The van der Waals surface area contributed by atoms with E-state index in [4.69, 9.17) is 4.74 Å². The van der Waals surface area contributed by atoms with E-state index in [1.807, 2.05) is 9.62 Å². The molecule has 0 unspecified atom stereocenters. The molecule has 36 heavy (non-hydrogen) atoms. The van der Waals surface area contributed by atoms with Gasteiger partial charge >= 0.3 is 10.2 Å². The molecule has 1 amide bonds. The van der Waals surface area contributed by atoms with Gasteiger partial charge in [0.1, 0.15) is 17.7 Å². The Bertz CT molecular complexity index is 1410. The first-order valence-electron chi connectivity index (χ1n) is 11.8. The number of pyridine rings is 1. The first-order valence-corrected chi connectivity index (χ1v) is 13.2. The fourth-order valence-corrected chi connectivity index (χ4v) is 5.20. The molecule has 2 aromatic heterocycles. The number of hydrogen-bond donors (Lipinski definition) is 1. The number of ether oxygens (including phenoxy) is 1. The smallest absolute Gasteiger partial charge is 0.303 e. The third-order valence-corrected chi connectivity index (χ3v) is 8.08. The Morgan fingerprint density at radius 1 is 1.28 bits per heavy atom. The largest absolute Gasteiger partial charge is 0.490 e. The van der Waals surface area contributed by atoms with Gasteiger partial charge in [-0.05, 0) is 43.2 Å². The summed E-state index contributed by atoms with van der Waals surface area (Å²) >= 11 is 0. The summed E-state index contributed by atoms with van der Waals surface area (Å²) in [6.07, 6.45) is 3.87. The lowest BCUT2D eigenvalue weighted by molar-refractivity contribution is 0.0981. The van der Waals surface area contributed by atoms with Gasteiger partial charge in [0.2, 0.25) is 0 Å². The molecule has 192 valence electrons. The standard InChI is InChI=1S/C24H27F2N5O4S/c1-3-29(2)36(33,34)28-24(32)20-13-27-31-9-8-17(12-22(20)31)30-14-16(26)11-21(30)19-10-15(25)4-7-23(19)35-18-5-6-18/h4,7-10,12-13,16,18,21H,3,5-6,11,14H2,1-2H3,(H,28,32)/t16-,21+/m0/s1. The molecule has 3 heterocycles. The van der Waals surface area contributed by atoms with Crippen LogP contribution in [0.3, 0.4) is 0 Å². The molecule has 0 radical (unpaired) electrons. The molecule has 1 aromatic carbocycles. The van der Waals surface area contributed by atoms with Gasteiger partial charge in [0.15, 0.2) is 0 Å². The van der Waals surface area contributed by atoms with Crippen LogP contribution in [0.1, 0.15) is 48.1 Å². The second-order valence-electron chi connectivity index (χ2n) is 9.12. The summed E-state index contributed by atoms with van der Waals surface area (Å²) in [6, 6.07) is 7.21. The Morgan fingerprint density at radius 2 is 2.06 bits per heavy atom. The molecule has 2 fully saturated rings. The molecule has 0 bridgehead atoms. The minimum absolute atomic E-state index is 0.0565. The molecule has 5 rings (SSSR count). The number of nitrogens with zero attached hydrogens (tertiary/aromatic N) is 4. The molecule has 2 atom stereocenters. The van der Waals surface area contributed by atoms with Gasteiger partial charge in [-0.1, -0.05) is 6.92 Å². The van der Waals surface area contributed by atoms with Crippen molar-refractivity contribution in [1.29, 1.82) is 0 Å². The lowest BCUT2D eigenvalue weighted by Gasteiger charge is -2.28. The third kappa shape index (κ3) is 4.74. The minimum Gasteiger partial charge on any atom is -0.490 e. The molecule has 1 saturated heterocycles.